The van der Waals surface area contributed by atoms with Gasteiger partial charge in [-0.2, -0.15) is 0 Å². The van der Waals surface area contributed by atoms with E-state index in [0.29, 0.717) is 12.4 Å². The fourth-order valence-corrected chi connectivity index (χ4v) is 2.99. The first-order chi connectivity index (χ1) is 12.3. The zero-order valence-electron chi connectivity index (χ0n) is 13.9. The lowest BCUT2D eigenvalue weighted by Gasteiger charge is -2.15. The van der Waals surface area contributed by atoms with E-state index in [9.17, 15) is 0 Å². The van der Waals surface area contributed by atoms with Crippen molar-refractivity contribution in [1.82, 2.24) is 0 Å². The summed E-state index contributed by atoms with van der Waals surface area (Å²) in [6, 6.07) is 28.8. The summed E-state index contributed by atoms with van der Waals surface area (Å²) in [5, 5.41) is 0. The van der Waals surface area contributed by atoms with Crippen molar-refractivity contribution in [3.8, 4) is 11.1 Å². The molecule has 1 atom stereocenters. The van der Waals surface area contributed by atoms with Gasteiger partial charge in [0, 0.05) is 5.56 Å². The van der Waals surface area contributed by atoms with Gasteiger partial charge in [0.1, 0.15) is 6.10 Å². The summed E-state index contributed by atoms with van der Waals surface area (Å²) in [7, 11) is 0. The molecule has 0 fully saturated rings. The quantitative estimate of drug-likeness (QED) is 0.645. The van der Waals surface area contributed by atoms with Crippen LogP contribution >= 0.6 is 0 Å². The minimum atomic E-state index is -0.0993. The van der Waals surface area contributed by atoms with Gasteiger partial charge in [-0.25, -0.2) is 4.99 Å². The summed E-state index contributed by atoms with van der Waals surface area (Å²) in [6.45, 7) is 4.85. The highest BCUT2D eigenvalue weighted by molar-refractivity contribution is 5.96. The molecule has 3 aromatic carbocycles. The Kier molecular flexibility index (Phi) is 4.17. The van der Waals surface area contributed by atoms with Crippen LogP contribution in [-0.2, 0) is 4.74 Å². The second-order valence-electron chi connectivity index (χ2n) is 6.09. The lowest BCUT2D eigenvalue weighted by atomic mass is 9.98. The average molecular weight is 325 g/mol. The molecule has 3 aromatic rings. The molecule has 0 aliphatic carbocycles. The molecule has 0 spiro atoms. The van der Waals surface area contributed by atoms with Gasteiger partial charge in [0.25, 0.3) is 0 Å². The zero-order valence-corrected chi connectivity index (χ0v) is 13.9. The van der Waals surface area contributed by atoms with E-state index >= 15 is 0 Å². The Bertz CT molecular complexity index is 896. The molecule has 0 amide bonds. The van der Waals surface area contributed by atoms with E-state index in [-0.39, 0.29) is 6.10 Å². The molecule has 0 unspecified atom stereocenters. The topological polar surface area (TPSA) is 21.6 Å². The molecule has 0 N–H and O–H groups in total. The van der Waals surface area contributed by atoms with Crippen molar-refractivity contribution in [2.75, 3.05) is 6.54 Å². The second kappa shape index (κ2) is 6.78. The third-order valence-corrected chi connectivity index (χ3v) is 4.43. The van der Waals surface area contributed by atoms with E-state index < -0.39 is 0 Å². The number of hydrogen-bond acceptors (Lipinski definition) is 2. The molecular formula is C23H19NO. The van der Waals surface area contributed by atoms with Gasteiger partial charge in [0.05, 0.1) is 6.54 Å². The highest BCUT2D eigenvalue weighted by Crippen LogP contribution is 2.27. The predicted molar refractivity (Wildman–Crippen MR) is 104 cm³/mol. The van der Waals surface area contributed by atoms with Gasteiger partial charge in [0.15, 0.2) is 0 Å². The van der Waals surface area contributed by atoms with Crippen LogP contribution in [0.15, 0.2) is 96.5 Å². The van der Waals surface area contributed by atoms with E-state index in [4.69, 9.17) is 4.74 Å². The predicted octanol–water partition coefficient (Wildman–Crippen LogP) is 5.21. The Hall–Kier alpha value is -3.13. The molecule has 1 heterocycles. The van der Waals surface area contributed by atoms with Crippen molar-refractivity contribution in [2.45, 2.75) is 6.10 Å². The molecule has 0 radical (unpaired) electrons. The number of hydrogen-bond donors (Lipinski definition) is 0. The third-order valence-electron chi connectivity index (χ3n) is 4.43. The van der Waals surface area contributed by atoms with Gasteiger partial charge in [0.2, 0.25) is 5.90 Å². The highest BCUT2D eigenvalue weighted by atomic mass is 16.5. The number of benzene rings is 3. The van der Waals surface area contributed by atoms with Crippen LogP contribution in [0.1, 0.15) is 11.1 Å². The van der Waals surface area contributed by atoms with E-state index in [0.717, 1.165) is 16.7 Å². The Morgan fingerprint density at radius 1 is 0.760 bits per heavy atom. The number of nitrogens with zero attached hydrogens (tertiary/aromatic N) is 1. The summed E-state index contributed by atoms with van der Waals surface area (Å²) < 4.78 is 6.03. The summed E-state index contributed by atoms with van der Waals surface area (Å²) >= 11 is 0. The maximum Gasteiger partial charge on any atom is 0.216 e. The molecule has 0 aromatic heterocycles. The monoisotopic (exact) mass is 325 g/mol. The fraction of sp³-hybridized carbons (Fsp3) is 0.0870. The molecule has 25 heavy (non-hydrogen) atoms. The highest BCUT2D eigenvalue weighted by Gasteiger charge is 2.24. The lowest BCUT2D eigenvalue weighted by molar-refractivity contribution is 0.284. The molecule has 1 aliphatic heterocycles. The Morgan fingerprint density at radius 3 is 1.96 bits per heavy atom. The normalized spacial score (nSPS) is 16.2. The smallest absolute Gasteiger partial charge is 0.216 e. The van der Waals surface area contributed by atoms with E-state index in [1.54, 1.807) is 0 Å². The van der Waals surface area contributed by atoms with Crippen molar-refractivity contribution in [2.24, 2.45) is 4.99 Å². The summed E-state index contributed by atoms with van der Waals surface area (Å²) in [5.41, 5.74) is 5.48. The first-order valence-electron chi connectivity index (χ1n) is 8.42. The molecule has 2 heteroatoms. The summed E-state index contributed by atoms with van der Waals surface area (Å²) in [5.74, 6) is 0.702. The number of aliphatic imine (C=N–C) groups is 1. The van der Waals surface area contributed by atoms with E-state index in [1.807, 2.05) is 36.4 Å². The maximum atomic E-state index is 6.03. The molecule has 4 rings (SSSR count). The van der Waals surface area contributed by atoms with Gasteiger partial charge >= 0.3 is 0 Å². The van der Waals surface area contributed by atoms with Crippen LogP contribution < -0.4 is 0 Å². The zero-order chi connectivity index (χ0) is 17.1. The van der Waals surface area contributed by atoms with E-state index in [2.05, 4.69) is 60.1 Å². The van der Waals surface area contributed by atoms with Crippen LogP contribution in [0, 0.1) is 0 Å². The van der Waals surface area contributed by atoms with Crippen LogP contribution in [0.2, 0.25) is 0 Å². The van der Waals surface area contributed by atoms with Crippen molar-refractivity contribution >= 4 is 11.5 Å². The molecule has 2 nitrogen and oxygen atoms in total. The molecule has 122 valence electrons. The van der Waals surface area contributed by atoms with Gasteiger partial charge in [-0.3, -0.25) is 0 Å². The van der Waals surface area contributed by atoms with Crippen LogP contribution in [0.4, 0.5) is 0 Å². The van der Waals surface area contributed by atoms with Crippen molar-refractivity contribution in [1.29, 1.82) is 0 Å². The van der Waals surface area contributed by atoms with E-state index in [1.165, 1.54) is 11.1 Å². The van der Waals surface area contributed by atoms with Crippen LogP contribution in [-0.4, -0.2) is 18.5 Å². The molecule has 1 aliphatic rings. The van der Waals surface area contributed by atoms with Crippen molar-refractivity contribution < 1.29 is 4.74 Å². The second-order valence-corrected chi connectivity index (χ2v) is 6.09. The van der Waals surface area contributed by atoms with Crippen LogP contribution in [0.5, 0.6) is 0 Å². The summed E-state index contributed by atoms with van der Waals surface area (Å²) in [4.78, 5) is 4.53. The molecule has 0 saturated heterocycles. The first kappa shape index (κ1) is 15.4. The number of ether oxygens (including phenoxy) is 1. The third kappa shape index (κ3) is 3.24. The maximum absolute atomic E-state index is 6.03. The fourth-order valence-electron chi connectivity index (χ4n) is 2.99. The Balaban J connectivity index is 1.47. The minimum absolute atomic E-state index is 0.0993. The van der Waals surface area contributed by atoms with Crippen molar-refractivity contribution in [3.63, 3.8) is 0 Å². The average Bonchev–Trinajstić information content (AvgIpc) is 3.19. The van der Waals surface area contributed by atoms with Gasteiger partial charge in [-0.1, -0.05) is 79.4 Å². The number of rotatable bonds is 4. The van der Waals surface area contributed by atoms with Crippen molar-refractivity contribution in [3.05, 3.63) is 103 Å². The molecular weight excluding hydrogens is 306 g/mol. The summed E-state index contributed by atoms with van der Waals surface area (Å²) in [6.07, 6.45) is -0.0993. The van der Waals surface area contributed by atoms with Crippen LogP contribution in [0.25, 0.3) is 16.7 Å². The molecule has 0 saturated carbocycles. The van der Waals surface area contributed by atoms with Gasteiger partial charge in [-0.05, 0) is 34.4 Å². The standard InChI is InChI=1S/C23H19NO/c1-17(22-16-24-23(25-22)21-10-6-3-7-11-21)18-12-14-20(15-13-18)19-8-4-2-5-9-19/h2-15,22H,1,16H2/t22-/m1/s1. The minimum Gasteiger partial charge on any atom is -0.467 e. The SMILES string of the molecule is C=C(c1ccc(-c2ccccc2)cc1)[C@H]1CN=C(c2ccccc2)O1. The largest absolute Gasteiger partial charge is 0.467 e. The Morgan fingerprint density at radius 2 is 1.32 bits per heavy atom. The van der Waals surface area contributed by atoms with Gasteiger partial charge < -0.3 is 4.74 Å². The van der Waals surface area contributed by atoms with Gasteiger partial charge in [-0.15, -0.1) is 0 Å². The van der Waals surface area contributed by atoms with Crippen LogP contribution in [0.3, 0.4) is 0 Å². The molecule has 0 bridgehead atoms. The Labute approximate surface area is 148 Å². The first-order valence-corrected chi connectivity index (χ1v) is 8.42. The lowest BCUT2D eigenvalue weighted by Crippen LogP contribution is -2.15.